The molecule has 0 saturated carbocycles. The lowest BCUT2D eigenvalue weighted by atomic mass is 10.1. The second kappa shape index (κ2) is 14.4. The molecule has 0 aliphatic rings. The highest BCUT2D eigenvalue weighted by Gasteiger charge is 2.18. The van der Waals surface area contributed by atoms with Gasteiger partial charge in [0.2, 0.25) is 0 Å². The van der Waals surface area contributed by atoms with Crippen LogP contribution >= 0.6 is 0 Å². The summed E-state index contributed by atoms with van der Waals surface area (Å²) in [5, 5.41) is 0. The summed E-state index contributed by atoms with van der Waals surface area (Å²) in [5.41, 5.74) is 0. The van der Waals surface area contributed by atoms with Crippen LogP contribution in [0.3, 0.4) is 0 Å². The molecule has 0 aromatic carbocycles. The predicted molar refractivity (Wildman–Crippen MR) is 116 cm³/mol. The molecule has 0 amide bonds. The average Bonchev–Trinajstić information content (AvgIpc) is 2.46. The Morgan fingerprint density at radius 2 is 0.917 bits per heavy atom. The van der Waals surface area contributed by atoms with E-state index in [9.17, 15) is 0 Å². The lowest BCUT2D eigenvalue weighted by molar-refractivity contribution is -0.890. The second-order valence-electron chi connectivity index (χ2n) is 9.94. The molecule has 0 heterocycles. The number of unbranched alkanes of at least 4 members (excludes halogenated alkanes) is 11. The van der Waals surface area contributed by atoms with E-state index >= 15 is 0 Å². The molecule has 0 spiro atoms. The van der Waals surface area contributed by atoms with E-state index < -0.39 is 8.07 Å². The Morgan fingerprint density at radius 3 is 1.33 bits per heavy atom. The van der Waals surface area contributed by atoms with Crippen molar-refractivity contribution in [1.82, 2.24) is 0 Å². The Hall–Kier alpha value is 0.177. The smallest absolute Gasteiger partial charge is 0.0782 e. The van der Waals surface area contributed by atoms with Crippen LogP contribution in [0.15, 0.2) is 0 Å². The zero-order chi connectivity index (χ0) is 18.3. The van der Waals surface area contributed by atoms with Gasteiger partial charge in [0, 0.05) is 8.07 Å². The largest absolute Gasteiger partial charge is 0.328 e. The summed E-state index contributed by atoms with van der Waals surface area (Å²) in [6.45, 7) is 12.5. The number of quaternary nitrogens is 1. The third-order valence-corrected chi connectivity index (χ3v) is 7.16. The van der Waals surface area contributed by atoms with E-state index in [-0.39, 0.29) is 0 Å². The lowest BCUT2D eigenvalue weighted by Gasteiger charge is -2.31. The molecule has 1 nitrogen and oxygen atoms in total. The van der Waals surface area contributed by atoms with E-state index in [0.29, 0.717) is 0 Å². The van der Waals surface area contributed by atoms with Crippen LogP contribution in [0.2, 0.25) is 25.7 Å². The summed E-state index contributed by atoms with van der Waals surface area (Å²) >= 11 is 0. The van der Waals surface area contributed by atoms with Crippen molar-refractivity contribution in [2.75, 3.05) is 27.2 Å². The van der Waals surface area contributed by atoms with Crippen LogP contribution in [0.25, 0.3) is 0 Å². The second-order valence-corrected chi connectivity index (χ2v) is 15.6. The molecule has 0 radical (unpaired) electrons. The predicted octanol–water partition coefficient (Wildman–Crippen LogP) is 7.49. The van der Waals surface area contributed by atoms with Crippen LogP contribution in [0, 0.1) is 0 Å². The minimum atomic E-state index is -0.837. The summed E-state index contributed by atoms with van der Waals surface area (Å²) in [4.78, 5) is 0. The standard InChI is InChI=1S/C22H50NSi/c1-7-8-9-10-11-12-13-14-15-16-17-18-20-23(2,3)21-19-22-24(4,5)6/h7-22H2,1-6H3/q+1. The zero-order valence-electron chi connectivity index (χ0n) is 18.3. The fourth-order valence-corrected chi connectivity index (χ4v) is 4.75. The molecule has 0 rings (SSSR count). The summed E-state index contributed by atoms with van der Waals surface area (Å²) in [7, 11) is 4.03. The van der Waals surface area contributed by atoms with E-state index in [1.54, 1.807) is 0 Å². The first-order valence-corrected chi connectivity index (χ1v) is 14.8. The van der Waals surface area contributed by atoms with Crippen LogP contribution in [0.4, 0.5) is 0 Å². The molecule has 0 aromatic heterocycles. The van der Waals surface area contributed by atoms with Gasteiger partial charge in [-0.2, -0.15) is 0 Å². The van der Waals surface area contributed by atoms with E-state index in [4.69, 9.17) is 0 Å². The first kappa shape index (κ1) is 24.2. The average molecular weight is 357 g/mol. The Morgan fingerprint density at radius 1 is 0.542 bits per heavy atom. The monoisotopic (exact) mass is 356 g/mol. The minimum absolute atomic E-state index is 0.837. The van der Waals surface area contributed by atoms with Gasteiger partial charge in [0.1, 0.15) is 0 Å². The third kappa shape index (κ3) is 18.5. The SMILES string of the molecule is CCCCCCCCCCCCCC[N+](C)(C)CCC[Si](C)(C)C. The highest BCUT2D eigenvalue weighted by molar-refractivity contribution is 6.76. The molecule has 0 N–H and O–H groups in total. The van der Waals surface area contributed by atoms with Crippen molar-refractivity contribution in [3.63, 3.8) is 0 Å². The number of hydrogen-bond acceptors (Lipinski definition) is 0. The molecule has 0 saturated heterocycles. The van der Waals surface area contributed by atoms with Crippen molar-refractivity contribution in [2.24, 2.45) is 0 Å². The fraction of sp³-hybridized carbons (Fsp3) is 1.00. The third-order valence-electron chi connectivity index (χ3n) is 5.31. The van der Waals surface area contributed by atoms with Gasteiger partial charge < -0.3 is 4.48 Å². The van der Waals surface area contributed by atoms with Gasteiger partial charge in [-0.05, 0) is 19.3 Å². The molecule has 0 aliphatic carbocycles. The van der Waals surface area contributed by atoms with Crippen molar-refractivity contribution in [1.29, 1.82) is 0 Å². The van der Waals surface area contributed by atoms with Crippen molar-refractivity contribution < 1.29 is 4.48 Å². The fourth-order valence-electron chi connectivity index (χ4n) is 3.53. The zero-order valence-corrected chi connectivity index (χ0v) is 19.3. The van der Waals surface area contributed by atoms with Crippen LogP contribution in [0.1, 0.15) is 90.4 Å². The molecule has 0 bridgehead atoms. The topological polar surface area (TPSA) is 0 Å². The van der Waals surface area contributed by atoms with Gasteiger partial charge in [-0.1, -0.05) is 96.8 Å². The van der Waals surface area contributed by atoms with Gasteiger partial charge in [0.15, 0.2) is 0 Å². The summed E-state index contributed by atoms with van der Waals surface area (Å²) < 4.78 is 1.24. The molecule has 24 heavy (non-hydrogen) atoms. The first-order valence-electron chi connectivity index (χ1n) is 11.1. The van der Waals surface area contributed by atoms with E-state index in [1.165, 1.54) is 107 Å². The summed E-state index contributed by atoms with van der Waals surface area (Å²) in [6, 6.07) is 1.49. The number of rotatable bonds is 17. The molecule has 0 fully saturated rings. The Labute approximate surface area is 156 Å². The Kier molecular flexibility index (Phi) is 14.5. The minimum Gasteiger partial charge on any atom is -0.328 e. The highest BCUT2D eigenvalue weighted by atomic mass is 28.3. The molecule has 146 valence electrons. The van der Waals surface area contributed by atoms with Crippen molar-refractivity contribution >= 4 is 8.07 Å². The maximum Gasteiger partial charge on any atom is 0.0782 e. The van der Waals surface area contributed by atoms with E-state index in [1.807, 2.05) is 0 Å². The lowest BCUT2D eigenvalue weighted by Crippen LogP contribution is -2.41. The van der Waals surface area contributed by atoms with Crippen molar-refractivity contribution in [2.45, 2.75) is 116 Å². The van der Waals surface area contributed by atoms with E-state index in [0.717, 1.165) is 0 Å². The molecule has 0 aliphatic heterocycles. The van der Waals surface area contributed by atoms with Gasteiger partial charge in [0.05, 0.1) is 27.2 Å². The molecular weight excluding hydrogens is 306 g/mol. The molecule has 2 heteroatoms. The van der Waals surface area contributed by atoms with Crippen molar-refractivity contribution in [3.05, 3.63) is 0 Å². The Balaban J connectivity index is 3.36. The number of nitrogens with zero attached hydrogens (tertiary/aromatic N) is 1. The Bertz CT molecular complexity index is 268. The molecule has 0 atom stereocenters. The maximum absolute atomic E-state index is 2.50. The first-order chi connectivity index (χ1) is 11.3. The summed E-state index contributed by atoms with van der Waals surface area (Å²) in [6.07, 6.45) is 18.9. The molecular formula is C22H50NSi+. The molecule has 0 aromatic rings. The van der Waals surface area contributed by atoms with Crippen molar-refractivity contribution in [3.8, 4) is 0 Å². The van der Waals surface area contributed by atoms with Gasteiger partial charge in [-0.25, -0.2) is 0 Å². The van der Waals surface area contributed by atoms with Crippen LogP contribution in [-0.2, 0) is 0 Å². The normalized spacial score (nSPS) is 12.8. The van der Waals surface area contributed by atoms with Gasteiger partial charge >= 0.3 is 0 Å². The van der Waals surface area contributed by atoms with Crippen LogP contribution < -0.4 is 0 Å². The van der Waals surface area contributed by atoms with Crippen LogP contribution in [-0.4, -0.2) is 39.7 Å². The van der Waals surface area contributed by atoms with Crippen LogP contribution in [0.5, 0.6) is 0 Å². The highest BCUT2D eigenvalue weighted by Crippen LogP contribution is 2.15. The van der Waals surface area contributed by atoms with E-state index in [2.05, 4.69) is 40.7 Å². The van der Waals surface area contributed by atoms with Gasteiger partial charge in [-0.15, -0.1) is 0 Å². The molecule has 0 unspecified atom stereocenters. The summed E-state index contributed by atoms with van der Waals surface area (Å²) in [5.74, 6) is 0. The maximum atomic E-state index is 2.50. The van der Waals surface area contributed by atoms with Gasteiger partial charge in [-0.3, -0.25) is 0 Å². The quantitative estimate of drug-likeness (QED) is 0.144. The number of hydrogen-bond donors (Lipinski definition) is 0. The van der Waals surface area contributed by atoms with Gasteiger partial charge in [0.25, 0.3) is 0 Å².